The summed E-state index contributed by atoms with van der Waals surface area (Å²) in [6, 6.07) is 0. The average molecular weight is 373 g/mol. The molecule has 1 aromatic rings. The number of nitrogens with zero attached hydrogens (tertiary/aromatic N) is 4. The van der Waals surface area contributed by atoms with Crippen molar-refractivity contribution in [1.82, 2.24) is 25.4 Å². The van der Waals surface area contributed by atoms with Gasteiger partial charge in [-0.2, -0.15) is 23.5 Å². The number of guanidine groups is 1. The van der Waals surface area contributed by atoms with Crippen molar-refractivity contribution in [2.24, 2.45) is 12.0 Å². The number of thioether (sulfide) groups is 2. The highest BCUT2D eigenvalue weighted by atomic mass is 32.2. The van der Waals surface area contributed by atoms with Crippen LogP contribution in [0.4, 0.5) is 0 Å². The van der Waals surface area contributed by atoms with Crippen molar-refractivity contribution in [3.8, 4) is 0 Å². The molecule has 0 aliphatic carbocycles. The molecule has 0 aromatic carbocycles. The van der Waals surface area contributed by atoms with Crippen LogP contribution in [0.3, 0.4) is 0 Å². The molecule has 8 heteroatoms. The van der Waals surface area contributed by atoms with Crippen LogP contribution in [-0.4, -0.2) is 56.3 Å². The predicted molar refractivity (Wildman–Crippen MR) is 108 cm³/mol. The molecule has 0 saturated heterocycles. The first-order valence-corrected chi connectivity index (χ1v) is 10.7. The van der Waals surface area contributed by atoms with Crippen molar-refractivity contribution < 1.29 is 0 Å². The minimum atomic E-state index is 0.293. The van der Waals surface area contributed by atoms with Crippen LogP contribution in [0.15, 0.2) is 4.99 Å². The SMILES string of the molecule is CSCCCNC(=NCc1nnc(C)n1C)NCCSC(C)(C)C. The molecule has 0 fully saturated rings. The second-order valence-corrected chi connectivity index (χ2v) is 9.46. The third kappa shape index (κ3) is 8.82. The Labute approximate surface area is 155 Å². The Kier molecular flexibility index (Phi) is 9.58. The number of hydrogen-bond acceptors (Lipinski definition) is 5. The monoisotopic (exact) mass is 372 g/mol. The smallest absolute Gasteiger partial charge is 0.191 e. The summed E-state index contributed by atoms with van der Waals surface area (Å²) in [4.78, 5) is 4.65. The highest BCUT2D eigenvalue weighted by Crippen LogP contribution is 2.21. The summed E-state index contributed by atoms with van der Waals surface area (Å²) in [5.41, 5.74) is 0. The van der Waals surface area contributed by atoms with E-state index in [0.717, 1.165) is 48.6 Å². The molecule has 0 atom stereocenters. The molecule has 0 aliphatic rings. The third-order valence-electron chi connectivity index (χ3n) is 3.31. The van der Waals surface area contributed by atoms with Crippen molar-refractivity contribution in [2.45, 2.75) is 45.4 Å². The summed E-state index contributed by atoms with van der Waals surface area (Å²) < 4.78 is 2.27. The molecule has 1 heterocycles. The van der Waals surface area contributed by atoms with Gasteiger partial charge in [0.25, 0.3) is 0 Å². The van der Waals surface area contributed by atoms with E-state index in [2.05, 4.69) is 52.9 Å². The van der Waals surface area contributed by atoms with Crippen LogP contribution >= 0.6 is 23.5 Å². The molecule has 0 bridgehead atoms. The van der Waals surface area contributed by atoms with Gasteiger partial charge in [0.1, 0.15) is 12.4 Å². The van der Waals surface area contributed by atoms with Crippen LogP contribution in [-0.2, 0) is 13.6 Å². The highest BCUT2D eigenvalue weighted by Gasteiger charge is 2.10. The quantitative estimate of drug-likeness (QED) is 0.394. The van der Waals surface area contributed by atoms with Gasteiger partial charge in [-0.1, -0.05) is 20.8 Å². The Balaban J connectivity index is 2.52. The maximum absolute atomic E-state index is 4.65. The lowest BCUT2D eigenvalue weighted by Crippen LogP contribution is -2.39. The summed E-state index contributed by atoms with van der Waals surface area (Å²) in [6.45, 7) is 11.0. The maximum Gasteiger partial charge on any atom is 0.191 e. The zero-order valence-electron chi connectivity index (χ0n) is 15.8. The van der Waals surface area contributed by atoms with E-state index in [1.807, 2.05) is 42.1 Å². The van der Waals surface area contributed by atoms with Gasteiger partial charge in [0.15, 0.2) is 11.8 Å². The highest BCUT2D eigenvalue weighted by molar-refractivity contribution is 8.00. The van der Waals surface area contributed by atoms with E-state index >= 15 is 0 Å². The fourth-order valence-corrected chi connectivity index (χ4v) is 3.11. The molecule has 2 N–H and O–H groups in total. The van der Waals surface area contributed by atoms with E-state index in [4.69, 9.17) is 0 Å². The molecule has 1 rings (SSSR count). The minimum absolute atomic E-state index is 0.293. The molecule has 0 radical (unpaired) electrons. The largest absolute Gasteiger partial charge is 0.356 e. The first kappa shape index (κ1) is 21.2. The van der Waals surface area contributed by atoms with Gasteiger partial charge in [0.05, 0.1) is 0 Å². The number of rotatable bonds is 9. The first-order chi connectivity index (χ1) is 11.3. The zero-order chi connectivity index (χ0) is 18.0. The maximum atomic E-state index is 4.65. The lowest BCUT2D eigenvalue weighted by molar-refractivity contribution is 0.750. The van der Waals surface area contributed by atoms with Crippen molar-refractivity contribution in [2.75, 3.05) is 30.9 Å². The van der Waals surface area contributed by atoms with Gasteiger partial charge in [0.2, 0.25) is 0 Å². The molecule has 138 valence electrons. The van der Waals surface area contributed by atoms with Gasteiger partial charge in [-0.25, -0.2) is 4.99 Å². The van der Waals surface area contributed by atoms with Crippen LogP contribution in [0, 0.1) is 6.92 Å². The Bertz CT molecular complexity index is 507. The number of hydrogen-bond donors (Lipinski definition) is 2. The van der Waals surface area contributed by atoms with Crippen LogP contribution in [0.25, 0.3) is 0 Å². The normalized spacial score (nSPS) is 12.5. The standard InChI is InChI=1S/C16H32N6S2/c1-13-20-21-14(22(13)5)12-19-15(17-8-7-10-23-6)18-9-11-24-16(2,3)4/h7-12H2,1-6H3,(H2,17,18,19). The van der Waals surface area contributed by atoms with Gasteiger partial charge >= 0.3 is 0 Å². The van der Waals surface area contributed by atoms with Gasteiger partial charge < -0.3 is 15.2 Å². The van der Waals surface area contributed by atoms with Crippen molar-refractivity contribution in [3.63, 3.8) is 0 Å². The van der Waals surface area contributed by atoms with Crippen LogP contribution in [0.1, 0.15) is 38.8 Å². The van der Waals surface area contributed by atoms with E-state index in [-0.39, 0.29) is 0 Å². The van der Waals surface area contributed by atoms with Crippen LogP contribution in [0.5, 0.6) is 0 Å². The fraction of sp³-hybridized carbons (Fsp3) is 0.812. The lowest BCUT2D eigenvalue weighted by Gasteiger charge is -2.18. The van der Waals surface area contributed by atoms with E-state index in [1.165, 1.54) is 0 Å². The molecule has 6 nitrogen and oxygen atoms in total. The number of aromatic nitrogens is 3. The molecule has 0 spiro atoms. The van der Waals surface area contributed by atoms with Gasteiger partial charge in [-0.05, 0) is 25.4 Å². The van der Waals surface area contributed by atoms with Gasteiger partial charge in [-0.15, -0.1) is 10.2 Å². The molecule has 0 amide bonds. The van der Waals surface area contributed by atoms with Gasteiger partial charge in [-0.3, -0.25) is 0 Å². The molecular weight excluding hydrogens is 340 g/mol. The molecule has 0 unspecified atom stereocenters. The van der Waals surface area contributed by atoms with Crippen LogP contribution < -0.4 is 10.6 Å². The van der Waals surface area contributed by atoms with Gasteiger partial charge in [0, 0.05) is 30.6 Å². The molecule has 0 saturated carbocycles. The minimum Gasteiger partial charge on any atom is -0.356 e. The van der Waals surface area contributed by atoms with E-state index in [1.54, 1.807) is 0 Å². The summed E-state index contributed by atoms with van der Waals surface area (Å²) in [6.07, 6.45) is 3.26. The average Bonchev–Trinajstić information content (AvgIpc) is 2.83. The number of nitrogens with one attached hydrogen (secondary N) is 2. The van der Waals surface area contributed by atoms with Crippen molar-refractivity contribution in [3.05, 3.63) is 11.6 Å². The third-order valence-corrected chi connectivity index (χ3v) is 5.28. The van der Waals surface area contributed by atoms with E-state index < -0.39 is 0 Å². The zero-order valence-corrected chi connectivity index (χ0v) is 17.5. The van der Waals surface area contributed by atoms with Crippen molar-refractivity contribution in [1.29, 1.82) is 0 Å². The van der Waals surface area contributed by atoms with E-state index in [9.17, 15) is 0 Å². The van der Waals surface area contributed by atoms with Crippen LogP contribution in [0.2, 0.25) is 0 Å². The topological polar surface area (TPSA) is 67.1 Å². The fourth-order valence-electron chi connectivity index (χ4n) is 1.86. The summed E-state index contributed by atoms with van der Waals surface area (Å²) in [5, 5.41) is 15.1. The molecule has 0 aliphatic heterocycles. The Hall–Kier alpha value is -0.890. The molecule has 1 aromatic heterocycles. The summed E-state index contributed by atoms with van der Waals surface area (Å²) in [5.74, 6) is 4.85. The lowest BCUT2D eigenvalue weighted by atomic mass is 10.3. The second-order valence-electron chi connectivity index (χ2n) is 6.55. The second kappa shape index (κ2) is 10.9. The first-order valence-electron chi connectivity index (χ1n) is 8.33. The predicted octanol–water partition coefficient (Wildman–Crippen LogP) is 2.44. The summed E-state index contributed by atoms with van der Waals surface area (Å²) in [7, 11) is 1.97. The Morgan fingerprint density at radius 3 is 2.46 bits per heavy atom. The molecule has 24 heavy (non-hydrogen) atoms. The number of aryl methyl sites for hydroxylation is 1. The summed E-state index contributed by atoms with van der Waals surface area (Å²) >= 11 is 3.82. The Morgan fingerprint density at radius 2 is 1.88 bits per heavy atom. The van der Waals surface area contributed by atoms with E-state index in [0.29, 0.717) is 11.3 Å². The number of aliphatic imine (C=N–C) groups is 1. The molecular formula is C16H32N6S2. The Morgan fingerprint density at radius 1 is 1.17 bits per heavy atom. The van der Waals surface area contributed by atoms with Crippen molar-refractivity contribution >= 4 is 29.5 Å².